The Morgan fingerprint density at radius 2 is 2.19 bits per heavy atom. The summed E-state index contributed by atoms with van der Waals surface area (Å²) in [6, 6.07) is 5.47. The second kappa shape index (κ2) is 4.63. The summed E-state index contributed by atoms with van der Waals surface area (Å²) in [6.07, 6.45) is 1.63. The molecule has 0 spiro atoms. The van der Waals surface area contributed by atoms with E-state index in [0.717, 1.165) is 5.76 Å². The standard InChI is InChI=1S/C10H13N5O/c1-7-13-9(5-10(14-7)15-11)12-6-8-3-2-4-16-8/h2-5H,6,11H2,1H3,(H2,12,13,14,15). The Bertz CT molecular complexity index is 454. The van der Waals surface area contributed by atoms with Gasteiger partial charge in [0.15, 0.2) is 0 Å². The lowest BCUT2D eigenvalue weighted by atomic mass is 10.4. The number of furan rings is 1. The molecule has 0 saturated heterocycles. The number of nitrogens with one attached hydrogen (secondary N) is 2. The fourth-order valence-corrected chi connectivity index (χ4v) is 1.32. The van der Waals surface area contributed by atoms with E-state index in [1.54, 1.807) is 19.3 Å². The molecule has 2 aromatic heterocycles. The van der Waals surface area contributed by atoms with Crippen LogP contribution in [-0.4, -0.2) is 9.97 Å². The fraction of sp³-hybridized carbons (Fsp3) is 0.200. The quantitative estimate of drug-likeness (QED) is 0.530. The van der Waals surface area contributed by atoms with E-state index >= 15 is 0 Å². The SMILES string of the molecule is Cc1nc(NN)cc(NCc2ccco2)n1. The zero-order valence-electron chi connectivity index (χ0n) is 8.90. The average molecular weight is 219 g/mol. The minimum atomic E-state index is 0.577. The van der Waals surface area contributed by atoms with Gasteiger partial charge in [0.2, 0.25) is 0 Å². The summed E-state index contributed by atoms with van der Waals surface area (Å²) in [5, 5.41) is 3.12. The Balaban J connectivity index is 2.06. The minimum Gasteiger partial charge on any atom is -0.467 e. The summed E-state index contributed by atoms with van der Waals surface area (Å²) in [7, 11) is 0. The number of nitrogen functional groups attached to an aromatic ring is 1. The van der Waals surface area contributed by atoms with Gasteiger partial charge in [-0.15, -0.1) is 0 Å². The maximum atomic E-state index is 5.29. The van der Waals surface area contributed by atoms with Gasteiger partial charge < -0.3 is 15.2 Å². The molecule has 4 N–H and O–H groups in total. The first-order valence-electron chi connectivity index (χ1n) is 4.86. The number of nitrogens with zero attached hydrogens (tertiary/aromatic N) is 2. The van der Waals surface area contributed by atoms with Crippen molar-refractivity contribution in [3.63, 3.8) is 0 Å². The lowest BCUT2D eigenvalue weighted by molar-refractivity contribution is 0.518. The van der Waals surface area contributed by atoms with Crippen molar-refractivity contribution in [1.29, 1.82) is 0 Å². The highest BCUT2D eigenvalue weighted by atomic mass is 16.3. The second-order valence-corrected chi connectivity index (χ2v) is 3.26. The molecule has 0 aromatic carbocycles. The molecule has 0 unspecified atom stereocenters. The summed E-state index contributed by atoms with van der Waals surface area (Å²) in [5.41, 5.74) is 2.49. The van der Waals surface area contributed by atoms with Crippen molar-refractivity contribution in [1.82, 2.24) is 9.97 Å². The third-order valence-corrected chi connectivity index (χ3v) is 2.01. The van der Waals surface area contributed by atoms with Gasteiger partial charge in [-0.05, 0) is 19.1 Å². The van der Waals surface area contributed by atoms with E-state index in [2.05, 4.69) is 20.7 Å². The molecule has 84 valence electrons. The molecular formula is C10H13N5O. The van der Waals surface area contributed by atoms with Crippen LogP contribution < -0.4 is 16.6 Å². The van der Waals surface area contributed by atoms with E-state index in [0.29, 0.717) is 24.0 Å². The summed E-state index contributed by atoms with van der Waals surface area (Å²) >= 11 is 0. The zero-order chi connectivity index (χ0) is 11.4. The molecule has 6 heteroatoms. The van der Waals surface area contributed by atoms with Gasteiger partial charge in [0.25, 0.3) is 0 Å². The number of aromatic nitrogens is 2. The maximum Gasteiger partial charge on any atom is 0.145 e. The Morgan fingerprint density at radius 1 is 1.38 bits per heavy atom. The van der Waals surface area contributed by atoms with Crippen LogP contribution >= 0.6 is 0 Å². The van der Waals surface area contributed by atoms with E-state index in [1.165, 1.54) is 0 Å². The number of aryl methyl sites for hydroxylation is 1. The topological polar surface area (TPSA) is 89.0 Å². The molecule has 0 fully saturated rings. The smallest absolute Gasteiger partial charge is 0.145 e. The highest BCUT2D eigenvalue weighted by Gasteiger charge is 2.01. The predicted molar refractivity (Wildman–Crippen MR) is 60.6 cm³/mol. The molecule has 2 heterocycles. The normalized spacial score (nSPS) is 10.1. The van der Waals surface area contributed by atoms with Crippen LogP contribution in [0.2, 0.25) is 0 Å². The van der Waals surface area contributed by atoms with Crippen LogP contribution in [0.15, 0.2) is 28.9 Å². The molecule has 2 rings (SSSR count). The largest absolute Gasteiger partial charge is 0.467 e. The predicted octanol–water partition coefficient (Wildman–Crippen LogP) is 1.28. The number of nitrogens with two attached hydrogens (primary N) is 1. The number of hydrogen-bond acceptors (Lipinski definition) is 6. The van der Waals surface area contributed by atoms with Gasteiger partial charge in [0.1, 0.15) is 23.2 Å². The highest BCUT2D eigenvalue weighted by molar-refractivity contribution is 5.46. The lowest BCUT2D eigenvalue weighted by Gasteiger charge is -2.06. The first-order chi connectivity index (χ1) is 7.78. The van der Waals surface area contributed by atoms with Crippen LogP contribution in [0.5, 0.6) is 0 Å². The van der Waals surface area contributed by atoms with Crippen LogP contribution in [0.4, 0.5) is 11.6 Å². The molecule has 0 aliphatic rings. The van der Waals surface area contributed by atoms with Gasteiger partial charge in [-0.3, -0.25) is 0 Å². The fourth-order valence-electron chi connectivity index (χ4n) is 1.32. The number of hydrogen-bond donors (Lipinski definition) is 3. The number of rotatable bonds is 4. The first-order valence-corrected chi connectivity index (χ1v) is 4.86. The van der Waals surface area contributed by atoms with Crippen molar-refractivity contribution in [2.45, 2.75) is 13.5 Å². The van der Waals surface area contributed by atoms with Crippen molar-refractivity contribution in [3.8, 4) is 0 Å². The summed E-state index contributed by atoms with van der Waals surface area (Å²) in [5.74, 6) is 8.07. The molecule has 16 heavy (non-hydrogen) atoms. The van der Waals surface area contributed by atoms with Crippen LogP contribution in [0, 0.1) is 6.92 Å². The van der Waals surface area contributed by atoms with Gasteiger partial charge in [0.05, 0.1) is 12.8 Å². The van der Waals surface area contributed by atoms with Crippen molar-refractivity contribution in [3.05, 3.63) is 36.0 Å². The molecular weight excluding hydrogens is 206 g/mol. The van der Waals surface area contributed by atoms with E-state index in [4.69, 9.17) is 10.3 Å². The molecule has 0 aliphatic carbocycles. The Kier molecular flexibility index (Phi) is 3.02. The Labute approximate surface area is 92.9 Å². The van der Waals surface area contributed by atoms with Crippen molar-refractivity contribution in [2.75, 3.05) is 10.7 Å². The summed E-state index contributed by atoms with van der Waals surface area (Å²) in [6.45, 7) is 2.38. The van der Waals surface area contributed by atoms with Gasteiger partial charge in [-0.1, -0.05) is 0 Å². The van der Waals surface area contributed by atoms with Gasteiger partial charge in [0, 0.05) is 6.07 Å². The van der Waals surface area contributed by atoms with E-state index in [9.17, 15) is 0 Å². The molecule has 6 nitrogen and oxygen atoms in total. The van der Waals surface area contributed by atoms with Crippen LogP contribution in [-0.2, 0) is 6.54 Å². The highest BCUT2D eigenvalue weighted by Crippen LogP contribution is 2.11. The monoisotopic (exact) mass is 219 g/mol. The molecule has 0 atom stereocenters. The molecule has 0 radical (unpaired) electrons. The van der Waals surface area contributed by atoms with Gasteiger partial charge in [-0.25, -0.2) is 15.8 Å². The maximum absolute atomic E-state index is 5.29. The second-order valence-electron chi connectivity index (χ2n) is 3.26. The van der Waals surface area contributed by atoms with Crippen LogP contribution in [0.25, 0.3) is 0 Å². The molecule has 0 bridgehead atoms. The molecule has 0 aliphatic heterocycles. The minimum absolute atomic E-state index is 0.577. The summed E-state index contributed by atoms with van der Waals surface area (Å²) < 4.78 is 5.20. The lowest BCUT2D eigenvalue weighted by Crippen LogP contribution is -2.11. The third-order valence-electron chi connectivity index (χ3n) is 2.01. The van der Waals surface area contributed by atoms with Crippen LogP contribution in [0.1, 0.15) is 11.6 Å². The van der Waals surface area contributed by atoms with E-state index < -0.39 is 0 Å². The Morgan fingerprint density at radius 3 is 2.88 bits per heavy atom. The van der Waals surface area contributed by atoms with E-state index in [1.807, 2.05) is 12.1 Å². The number of anilines is 2. The number of hydrazine groups is 1. The average Bonchev–Trinajstić information content (AvgIpc) is 2.78. The third kappa shape index (κ3) is 2.48. The van der Waals surface area contributed by atoms with Crippen molar-refractivity contribution >= 4 is 11.6 Å². The van der Waals surface area contributed by atoms with Crippen molar-refractivity contribution < 1.29 is 4.42 Å². The first kappa shape index (κ1) is 10.4. The van der Waals surface area contributed by atoms with E-state index in [-0.39, 0.29) is 0 Å². The van der Waals surface area contributed by atoms with Gasteiger partial charge >= 0.3 is 0 Å². The zero-order valence-corrected chi connectivity index (χ0v) is 8.90. The van der Waals surface area contributed by atoms with Gasteiger partial charge in [-0.2, -0.15) is 0 Å². The molecule has 0 saturated carbocycles. The molecule has 2 aromatic rings. The Hall–Kier alpha value is -2.08. The summed E-state index contributed by atoms with van der Waals surface area (Å²) in [4.78, 5) is 8.31. The van der Waals surface area contributed by atoms with Crippen LogP contribution in [0.3, 0.4) is 0 Å². The molecule has 0 amide bonds. The van der Waals surface area contributed by atoms with Crippen molar-refractivity contribution in [2.24, 2.45) is 5.84 Å².